The Labute approximate surface area is 161 Å². The molecular formula is C19H18N4O5. The zero-order valence-corrected chi connectivity index (χ0v) is 14.9. The van der Waals surface area contributed by atoms with Gasteiger partial charge in [-0.15, -0.1) is 0 Å². The van der Waals surface area contributed by atoms with Crippen LogP contribution in [-0.2, 0) is 16.1 Å². The number of benzene rings is 2. The van der Waals surface area contributed by atoms with Gasteiger partial charge in [0.2, 0.25) is 0 Å². The van der Waals surface area contributed by atoms with Crippen LogP contribution in [0.25, 0.3) is 0 Å². The molecule has 9 heteroatoms. The predicted molar refractivity (Wildman–Crippen MR) is 100 cm³/mol. The maximum absolute atomic E-state index is 12.4. The summed E-state index contributed by atoms with van der Waals surface area (Å²) in [6.45, 7) is -0.00771. The number of nitrogens with one attached hydrogen (secondary N) is 2. The third-order valence-electron chi connectivity index (χ3n) is 3.65. The molecule has 0 aliphatic rings. The van der Waals surface area contributed by atoms with Crippen LogP contribution in [0.4, 0.5) is 11.4 Å². The minimum Gasteiger partial charge on any atom is -0.452 e. The Morgan fingerprint density at radius 3 is 2.61 bits per heavy atom. The van der Waals surface area contributed by atoms with Gasteiger partial charge in [0.15, 0.2) is 6.61 Å². The number of nitro groups is 1. The van der Waals surface area contributed by atoms with E-state index < -0.39 is 23.4 Å². The molecule has 0 bridgehead atoms. The first-order valence-corrected chi connectivity index (χ1v) is 8.38. The fraction of sp³-hybridized carbons (Fsp3) is 0.211. The highest BCUT2D eigenvalue weighted by Crippen LogP contribution is 2.23. The smallest absolute Gasteiger partial charge is 0.341 e. The molecule has 2 aromatic rings. The van der Waals surface area contributed by atoms with Gasteiger partial charge in [-0.3, -0.25) is 14.9 Å². The van der Waals surface area contributed by atoms with E-state index in [0.29, 0.717) is 12.2 Å². The number of rotatable bonds is 9. The van der Waals surface area contributed by atoms with Crippen molar-refractivity contribution in [2.24, 2.45) is 0 Å². The number of esters is 1. The number of non-ortho nitro benzene ring substituents is 1. The molecule has 0 saturated heterocycles. The van der Waals surface area contributed by atoms with Crippen LogP contribution >= 0.6 is 0 Å². The van der Waals surface area contributed by atoms with Gasteiger partial charge in [-0.05, 0) is 11.6 Å². The predicted octanol–water partition coefficient (Wildman–Crippen LogP) is 2.39. The third-order valence-corrected chi connectivity index (χ3v) is 3.65. The summed E-state index contributed by atoms with van der Waals surface area (Å²) >= 11 is 0. The van der Waals surface area contributed by atoms with Crippen LogP contribution in [0.15, 0.2) is 48.5 Å². The topological polar surface area (TPSA) is 134 Å². The molecule has 0 radical (unpaired) electrons. The zero-order valence-electron chi connectivity index (χ0n) is 14.9. The van der Waals surface area contributed by atoms with Crippen molar-refractivity contribution in [3.63, 3.8) is 0 Å². The molecule has 144 valence electrons. The molecule has 0 aromatic heterocycles. The van der Waals surface area contributed by atoms with Crippen LogP contribution in [0.1, 0.15) is 22.3 Å². The Morgan fingerprint density at radius 1 is 1.18 bits per heavy atom. The van der Waals surface area contributed by atoms with Crippen LogP contribution in [0.2, 0.25) is 0 Å². The Kier molecular flexibility index (Phi) is 7.48. The number of hydrogen-bond acceptors (Lipinski definition) is 7. The van der Waals surface area contributed by atoms with E-state index in [1.807, 2.05) is 36.4 Å². The summed E-state index contributed by atoms with van der Waals surface area (Å²) in [5.41, 5.74) is 0.993. The summed E-state index contributed by atoms with van der Waals surface area (Å²) in [5.74, 6) is -1.43. The second-order valence-electron chi connectivity index (χ2n) is 5.66. The number of ether oxygens (including phenoxy) is 1. The van der Waals surface area contributed by atoms with Gasteiger partial charge in [0.25, 0.3) is 11.6 Å². The fourth-order valence-electron chi connectivity index (χ4n) is 2.28. The van der Waals surface area contributed by atoms with Crippen LogP contribution in [0, 0.1) is 21.4 Å². The molecule has 2 aromatic carbocycles. The van der Waals surface area contributed by atoms with Gasteiger partial charge in [0, 0.05) is 30.9 Å². The summed E-state index contributed by atoms with van der Waals surface area (Å²) < 4.78 is 4.95. The number of carbonyl (C=O) groups is 2. The average molecular weight is 382 g/mol. The van der Waals surface area contributed by atoms with Gasteiger partial charge in [-0.2, -0.15) is 5.26 Å². The number of anilines is 1. The Morgan fingerprint density at radius 2 is 1.93 bits per heavy atom. The third kappa shape index (κ3) is 6.10. The first-order valence-electron chi connectivity index (χ1n) is 8.38. The lowest BCUT2D eigenvalue weighted by Crippen LogP contribution is -2.29. The first-order chi connectivity index (χ1) is 13.5. The lowest BCUT2D eigenvalue weighted by atomic mass is 10.1. The molecule has 0 unspecified atom stereocenters. The molecule has 0 saturated carbocycles. The van der Waals surface area contributed by atoms with Crippen molar-refractivity contribution in [2.75, 3.05) is 18.5 Å². The molecule has 0 aliphatic carbocycles. The maximum Gasteiger partial charge on any atom is 0.341 e. The highest BCUT2D eigenvalue weighted by Gasteiger charge is 2.19. The van der Waals surface area contributed by atoms with Gasteiger partial charge in [-0.25, -0.2) is 4.79 Å². The van der Waals surface area contributed by atoms with E-state index in [1.165, 1.54) is 12.1 Å². The van der Waals surface area contributed by atoms with Crippen LogP contribution in [0.5, 0.6) is 0 Å². The van der Waals surface area contributed by atoms with Crippen molar-refractivity contribution in [1.82, 2.24) is 5.32 Å². The number of nitrogens with zero attached hydrogens (tertiary/aromatic N) is 2. The van der Waals surface area contributed by atoms with Crippen LogP contribution < -0.4 is 10.6 Å². The van der Waals surface area contributed by atoms with Gasteiger partial charge in [0.1, 0.15) is 0 Å². The quantitative estimate of drug-likeness (QED) is 0.294. The molecule has 2 N–H and O–H groups in total. The number of hydrogen-bond donors (Lipinski definition) is 2. The number of nitro benzene ring substituents is 1. The van der Waals surface area contributed by atoms with Crippen molar-refractivity contribution in [2.45, 2.75) is 13.0 Å². The molecule has 28 heavy (non-hydrogen) atoms. The van der Waals surface area contributed by atoms with E-state index in [0.717, 1.165) is 11.6 Å². The van der Waals surface area contributed by atoms with Crippen molar-refractivity contribution in [1.29, 1.82) is 5.26 Å². The number of nitriles is 1. The van der Waals surface area contributed by atoms with Gasteiger partial charge >= 0.3 is 5.97 Å². The van der Waals surface area contributed by atoms with Crippen LogP contribution in [0.3, 0.4) is 0 Å². The molecule has 0 spiro atoms. The maximum atomic E-state index is 12.4. The number of amides is 1. The second kappa shape index (κ2) is 10.3. The summed E-state index contributed by atoms with van der Waals surface area (Å²) in [4.78, 5) is 34.4. The van der Waals surface area contributed by atoms with Crippen LogP contribution in [-0.4, -0.2) is 30.0 Å². The Hall–Kier alpha value is -3.93. The molecule has 0 aliphatic heterocycles. The second-order valence-corrected chi connectivity index (χ2v) is 5.66. The molecule has 0 heterocycles. The van der Waals surface area contributed by atoms with Gasteiger partial charge in [0.05, 0.1) is 23.0 Å². The van der Waals surface area contributed by atoms with E-state index in [2.05, 4.69) is 10.6 Å². The van der Waals surface area contributed by atoms with Crippen molar-refractivity contribution < 1.29 is 19.2 Å². The lowest BCUT2D eigenvalue weighted by Gasteiger charge is -2.12. The van der Waals surface area contributed by atoms with E-state index in [9.17, 15) is 19.7 Å². The minimum atomic E-state index is -0.866. The zero-order chi connectivity index (χ0) is 20.4. The van der Waals surface area contributed by atoms with Crippen molar-refractivity contribution in [3.05, 3.63) is 69.8 Å². The normalized spacial score (nSPS) is 9.82. The van der Waals surface area contributed by atoms with Gasteiger partial charge < -0.3 is 15.4 Å². The molecular weight excluding hydrogens is 364 g/mol. The summed E-state index contributed by atoms with van der Waals surface area (Å²) in [5, 5.41) is 24.9. The SMILES string of the molecule is N#CCCNC(=O)COC(=O)c1cc([N+](=O)[O-])ccc1NCc1ccccc1. The highest BCUT2D eigenvalue weighted by molar-refractivity contribution is 5.97. The lowest BCUT2D eigenvalue weighted by molar-refractivity contribution is -0.384. The summed E-state index contributed by atoms with van der Waals surface area (Å²) in [7, 11) is 0. The molecule has 2 rings (SSSR count). The van der Waals surface area contributed by atoms with E-state index in [4.69, 9.17) is 10.00 Å². The number of carbonyl (C=O) groups excluding carboxylic acids is 2. The largest absolute Gasteiger partial charge is 0.452 e. The molecule has 0 fully saturated rings. The Balaban J connectivity index is 2.09. The Bertz CT molecular complexity index is 893. The van der Waals surface area contributed by atoms with Crippen molar-refractivity contribution >= 4 is 23.3 Å². The van der Waals surface area contributed by atoms with E-state index in [1.54, 1.807) is 0 Å². The monoisotopic (exact) mass is 382 g/mol. The standard InChI is InChI=1S/C19H18N4O5/c20-9-4-10-21-18(24)13-28-19(25)16-11-15(23(26)27)7-8-17(16)22-12-14-5-2-1-3-6-14/h1-3,5-8,11,22H,4,10,12-13H2,(H,21,24). The minimum absolute atomic E-state index is 0.0463. The summed E-state index contributed by atoms with van der Waals surface area (Å²) in [6.07, 6.45) is 0.137. The van der Waals surface area contributed by atoms with E-state index in [-0.39, 0.29) is 24.2 Å². The average Bonchev–Trinajstić information content (AvgIpc) is 2.71. The van der Waals surface area contributed by atoms with E-state index >= 15 is 0 Å². The fourth-order valence-corrected chi connectivity index (χ4v) is 2.28. The molecule has 0 atom stereocenters. The van der Waals surface area contributed by atoms with Gasteiger partial charge in [-0.1, -0.05) is 30.3 Å². The van der Waals surface area contributed by atoms with Crippen molar-refractivity contribution in [3.8, 4) is 6.07 Å². The molecule has 9 nitrogen and oxygen atoms in total. The highest BCUT2D eigenvalue weighted by atomic mass is 16.6. The first kappa shape index (κ1) is 20.4. The summed E-state index contributed by atoms with van der Waals surface area (Å²) in [6, 6.07) is 15.1. The molecule has 1 amide bonds.